The summed E-state index contributed by atoms with van der Waals surface area (Å²) in [5.41, 5.74) is 5.07. The number of halogens is 2. The summed E-state index contributed by atoms with van der Waals surface area (Å²) in [6.07, 6.45) is -11.8. The number of aliphatic hydroxyl groups is 6. The van der Waals surface area contributed by atoms with Gasteiger partial charge in [0.25, 0.3) is 0 Å². The maximum absolute atomic E-state index is 16.4. The number of benzene rings is 6. The van der Waals surface area contributed by atoms with Gasteiger partial charge in [0.05, 0.1) is 42.0 Å². The molecule has 30 heteroatoms. The van der Waals surface area contributed by atoms with Gasteiger partial charge in [0.2, 0.25) is 47.5 Å². The number of methoxy groups -OCH3 is 1. The molecule has 0 radical (unpaired) electrons. The Morgan fingerprint density at radius 3 is 1.89 bits per heavy atom. The molecule has 1 saturated heterocycles. The molecule has 112 heavy (non-hydrogen) atoms. The molecular weight excluding hydrogens is 1490 g/mol. The van der Waals surface area contributed by atoms with Crippen LogP contribution in [0.25, 0.3) is 11.1 Å². The van der Waals surface area contributed by atoms with E-state index in [0.717, 1.165) is 50.3 Å². The summed E-state index contributed by atoms with van der Waals surface area (Å²) in [7, 11) is 1.49. The number of rotatable bonds is 17. The molecule has 0 spiro atoms. The highest BCUT2D eigenvalue weighted by Gasteiger charge is 2.51. The highest BCUT2D eigenvalue weighted by molar-refractivity contribution is 6.32. The molecule has 16 rings (SSSR count). The smallest absolute Gasteiger partial charge is 0.246 e. The normalized spacial score (nSPS) is 28.5. The SMILES string of the molecule is CC[C@H](CC(C)C)C(=O)N[C@H]1C(=O)C[C@@H](CC(N)=O)C(=O)N[C@H]2C(=O)C[C@H]3C(=O)N[C@H](C(=O)N[C@H](C(=O)CC4C5CC6CC(C5)CC4C6)c4cc(CC(=O)Nc5ccc(OC)cc5)cc(O)c4-c4cc3ccc4O)[C@H](O)c3ccc(c(Cl)c3)Oc3cc2cc(c3O[C@@H]2O[C@H](CO)[C@@H](O)[C@H](O)[C@H]2O)Oc2ccc(cc2Cl)[C@H]1O. The number of anilines is 1. The van der Waals surface area contributed by atoms with Crippen LogP contribution in [-0.2, 0) is 54.3 Å². The average molecular weight is 1580 g/mol. The number of hydrogen-bond donors (Lipinski definition) is 14. The maximum Gasteiger partial charge on any atom is 0.246 e. The fourth-order valence-corrected chi connectivity index (χ4v) is 17.9. The summed E-state index contributed by atoms with van der Waals surface area (Å²) in [6, 6.07) is 14.6. The molecule has 6 aliphatic heterocycles. The van der Waals surface area contributed by atoms with Gasteiger partial charge >= 0.3 is 0 Å². The quantitative estimate of drug-likeness (QED) is 0.0415. The van der Waals surface area contributed by atoms with Crippen LogP contribution in [0.1, 0.15) is 155 Å². The zero-order valence-electron chi connectivity index (χ0n) is 61.7. The van der Waals surface area contributed by atoms with Gasteiger partial charge in [0, 0.05) is 48.4 Å². The van der Waals surface area contributed by atoms with Crippen molar-refractivity contribution in [1.29, 1.82) is 0 Å². The van der Waals surface area contributed by atoms with Crippen LogP contribution in [0.3, 0.4) is 0 Å². The number of nitrogens with one attached hydrogen (secondary N) is 5. The van der Waals surface area contributed by atoms with Gasteiger partial charge in [-0.15, -0.1) is 0 Å². The fourth-order valence-electron chi connectivity index (χ4n) is 17.5. The predicted molar refractivity (Wildman–Crippen MR) is 403 cm³/mol. The molecule has 6 aromatic rings. The molecule has 14 atom stereocenters. The number of Topliss-reactive ketones (excluding diaryl/α,β-unsaturated/α-hetero) is 3. The van der Waals surface area contributed by atoms with Gasteiger partial charge in [-0.25, -0.2) is 0 Å². The number of amides is 6. The number of carbonyl (C=O) groups excluding carboxylic acids is 9. The van der Waals surface area contributed by atoms with Crippen LogP contribution in [-0.4, -0.2) is 150 Å². The van der Waals surface area contributed by atoms with Crippen molar-refractivity contribution in [3.8, 4) is 57.1 Å². The van der Waals surface area contributed by atoms with E-state index in [1.54, 1.807) is 31.2 Å². The van der Waals surface area contributed by atoms with Gasteiger partial charge in [-0.3, -0.25) is 43.2 Å². The molecule has 0 aromatic heterocycles. The minimum absolute atomic E-state index is 0.00251. The van der Waals surface area contributed by atoms with Gasteiger partial charge in [-0.05, 0) is 193 Å². The van der Waals surface area contributed by atoms with Crippen LogP contribution in [0.5, 0.6) is 46.0 Å². The maximum atomic E-state index is 16.4. The molecule has 6 heterocycles. The average Bonchev–Trinajstić information content (AvgIpc) is 0.756. The summed E-state index contributed by atoms with van der Waals surface area (Å²) in [4.78, 5) is 136. The molecule has 4 saturated carbocycles. The second-order valence-corrected chi connectivity index (χ2v) is 31.9. The molecule has 4 aliphatic carbocycles. The number of phenols is 2. The minimum Gasteiger partial charge on any atom is -0.507 e. The van der Waals surface area contributed by atoms with E-state index in [2.05, 4.69) is 26.6 Å². The highest BCUT2D eigenvalue weighted by Crippen LogP contribution is 2.58. The molecule has 10 aliphatic rings. The van der Waals surface area contributed by atoms with Gasteiger partial charge < -0.3 is 96.9 Å². The summed E-state index contributed by atoms with van der Waals surface area (Å²) in [5, 5.41) is 107. The standard InChI is InChI=1S/C82H90Cl2N6O22/c1-5-39(16-35(2)3)78(104)89-70-57(94)28-46(31-65(85)97)79(105)87-68-45-29-62(109-60-14-7-41(72(70)99)26-53(60)83)77(112-82-76(103)75(102)74(101)64(34-91)111-82)63(30-45)110-61-15-8-42(27-54(61)84)73(100)71-81(107)88-69(59(96)32-49-43-18-36-17-37(20-43)21-44(49)19-36)52-22-38(24-66(98)86-47-9-11-48(108-4)12-10-47)23-56(93)67(52)51-25-40(6-13-55(51)92)50(33-58(68)95)80(106)90-71/h6-15,22-23,25-27,29-30,35-37,39,43-44,46,49-50,64,68-76,82,91-93,99-103H,5,16-21,24,28,31-34H2,1-4H3,(H2,85,97)(H,86,98)(H,87,105)(H,88,107)(H,89,104)(H,90,106)/t36?,37?,39-,43?,44?,46+,49?,50-,64-,68-,69+,70+,71+,72-,73-,74-,75+,76-,82+/m1/s1. The summed E-state index contributed by atoms with van der Waals surface area (Å²) in [6.45, 7) is 4.61. The lowest BCUT2D eigenvalue weighted by Gasteiger charge is -2.54. The van der Waals surface area contributed by atoms with Crippen LogP contribution in [0, 0.1) is 47.3 Å². The van der Waals surface area contributed by atoms with E-state index in [4.69, 9.17) is 52.6 Å². The number of hydrogen-bond acceptors (Lipinski definition) is 22. The summed E-state index contributed by atoms with van der Waals surface area (Å²) < 4.78 is 30.8. The van der Waals surface area contributed by atoms with Gasteiger partial charge in [-0.2, -0.15) is 0 Å². The predicted octanol–water partition coefficient (Wildman–Crippen LogP) is 7.71. The number of aromatic hydroxyl groups is 2. The number of carbonyl (C=O) groups is 9. The molecule has 28 nitrogen and oxygen atoms in total. The van der Waals surface area contributed by atoms with Gasteiger partial charge in [-0.1, -0.05) is 68.2 Å². The number of fused-ring (bicyclic) bond motifs is 15. The van der Waals surface area contributed by atoms with Crippen molar-refractivity contribution in [1.82, 2.24) is 21.3 Å². The number of aliphatic hydroxyl groups excluding tert-OH is 6. The number of nitrogens with two attached hydrogens (primary N) is 1. The lowest BCUT2D eigenvalue weighted by atomic mass is 9.51. The largest absolute Gasteiger partial charge is 0.507 e. The second-order valence-electron chi connectivity index (χ2n) is 31.1. The number of primary amides is 1. The molecule has 6 amide bonds. The van der Waals surface area contributed by atoms with Crippen molar-refractivity contribution in [3.05, 3.63) is 147 Å². The molecule has 15 N–H and O–H groups in total. The lowest BCUT2D eigenvalue weighted by Crippen LogP contribution is -2.60. The van der Waals surface area contributed by atoms with Crippen molar-refractivity contribution in [2.45, 2.75) is 171 Å². The zero-order valence-corrected chi connectivity index (χ0v) is 63.2. The Balaban J connectivity index is 1.00. The van der Waals surface area contributed by atoms with Crippen molar-refractivity contribution < 1.29 is 108 Å². The molecule has 6 aromatic carbocycles. The van der Waals surface area contributed by atoms with E-state index < -0.39 is 199 Å². The Morgan fingerprint density at radius 1 is 0.661 bits per heavy atom. The second kappa shape index (κ2) is 33.5. The topological polar surface area (TPSA) is 448 Å². The summed E-state index contributed by atoms with van der Waals surface area (Å²) in [5.74, 6) is -14.7. The molecule has 594 valence electrons. The Hall–Kier alpha value is -9.75. The molecule has 0 unspecified atom stereocenters. The van der Waals surface area contributed by atoms with Crippen molar-refractivity contribution in [3.63, 3.8) is 0 Å². The Bertz CT molecular complexity index is 4640. The number of ether oxygens (including phenoxy) is 5. The van der Waals surface area contributed by atoms with Crippen LogP contribution < -0.4 is 51.3 Å². The van der Waals surface area contributed by atoms with Crippen LogP contribution in [0.15, 0.2) is 103 Å². The molecule has 5 fully saturated rings. The van der Waals surface area contributed by atoms with Crippen LogP contribution in [0.2, 0.25) is 10.0 Å². The van der Waals surface area contributed by atoms with Crippen molar-refractivity contribution in [2.75, 3.05) is 19.0 Å². The number of ketones is 3. The third kappa shape index (κ3) is 17.0. The van der Waals surface area contributed by atoms with Crippen molar-refractivity contribution >= 4 is 81.7 Å². The molecular formula is C82H90Cl2N6O22. The van der Waals surface area contributed by atoms with Crippen molar-refractivity contribution in [2.24, 2.45) is 53.1 Å². The van der Waals surface area contributed by atoms with E-state index in [0.29, 0.717) is 36.1 Å². The lowest BCUT2D eigenvalue weighted by molar-refractivity contribution is -0.277. The van der Waals surface area contributed by atoms with E-state index >= 15 is 28.8 Å². The first-order valence-corrected chi connectivity index (χ1v) is 38.4. The van der Waals surface area contributed by atoms with E-state index in [-0.39, 0.29) is 96.1 Å². The van der Waals surface area contributed by atoms with Crippen LogP contribution >= 0.6 is 23.2 Å². The summed E-state index contributed by atoms with van der Waals surface area (Å²) >= 11 is 14.3. The van der Waals surface area contributed by atoms with Crippen LogP contribution in [0.4, 0.5) is 5.69 Å². The highest BCUT2D eigenvalue weighted by atomic mass is 35.5. The monoisotopic (exact) mass is 1580 g/mol. The fraction of sp³-hybridized carbons (Fsp3) is 0.451. The Labute approximate surface area is 654 Å². The Kier molecular flexibility index (Phi) is 24.0. The zero-order chi connectivity index (χ0) is 80.0. The van der Waals surface area contributed by atoms with Gasteiger partial charge in [0.15, 0.2) is 28.8 Å². The van der Waals surface area contributed by atoms with E-state index in [9.17, 15) is 55.2 Å². The molecule has 15 bridgehead atoms. The first-order chi connectivity index (χ1) is 53.4. The van der Waals surface area contributed by atoms with E-state index in [1.807, 2.05) is 13.8 Å². The first kappa shape index (κ1) is 80.3. The van der Waals surface area contributed by atoms with E-state index in [1.165, 1.54) is 67.8 Å². The third-order valence-corrected chi connectivity index (χ3v) is 23.6. The number of phenolic OH excluding ortho intramolecular Hbond substituents is 2. The minimum atomic E-state index is -2.15. The van der Waals surface area contributed by atoms with Gasteiger partial charge in [0.1, 0.15) is 89.5 Å². The Morgan fingerprint density at radius 2 is 1.29 bits per heavy atom. The third-order valence-electron chi connectivity index (χ3n) is 23.0. The first-order valence-electron chi connectivity index (χ1n) is 37.6.